The quantitative estimate of drug-likeness (QED) is 0.732. The van der Waals surface area contributed by atoms with Crippen LogP contribution in [0.5, 0.6) is 0 Å². The minimum Gasteiger partial charge on any atom is -0.313 e. The number of nitrogens with one attached hydrogen (secondary N) is 1. The second-order valence-corrected chi connectivity index (χ2v) is 7.02. The number of hydrogen-bond acceptors (Lipinski definition) is 4. The standard InChI is InChI=1S/C19H22N4OS/c1-5-22(3)12-13(2)23(4)19(24)18-15-11-14(17-7-6-10-25-17)8-9-16(15)20-21-18/h6-11H,2,5,12H2,1,3-4H3,(H,20,21). The van der Waals surface area contributed by atoms with Crippen molar-refractivity contribution in [2.75, 3.05) is 27.2 Å². The third kappa shape index (κ3) is 3.50. The second-order valence-electron chi connectivity index (χ2n) is 6.07. The number of thiophene rings is 1. The molecule has 1 amide bonds. The summed E-state index contributed by atoms with van der Waals surface area (Å²) in [6.07, 6.45) is 0. The minimum atomic E-state index is -0.149. The number of rotatable bonds is 6. The molecule has 0 saturated carbocycles. The van der Waals surface area contributed by atoms with Crippen LogP contribution in [-0.2, 0) is 0 Å². The highest BCUT2D eigenvalue weighted by Crippen LogP contribution is 2.29. The number of aromatic nitrogens is 2. The lowest BCUT2D eigenvalue weighted by atomic mass is 10.1. The van der Waals surface area contributed by atoms with Crippen LogP contribution in [0.15, 0.2) is 48.0 Å². The van der Waals surface area contributed by atoms with Crippen LogP contribution in [0, 0.1) is 0 Å². The van der Waals surface area contributed by atoms with Crippen molar-refractivity contribution in [2.45, 2.75) is 6.92 Å². The average molecular weight is 354 g/mol. The van der Waals surface area contributed by atoms with Crippen LogP contribution >= 0.6 is 11.3 Å². The Balaban J connectivity index is 1.91. The molecule has 25 heavy (non-hydrogen) atoms. The molecule has 0 aliphatic rings. The summed E-state index contributed by atoms with van der Waals surface area (Å²) >= 11 is 1.68. The maximum Gasteiger partial charge on any atom is 0.278 e. The van der Waals surface area contributed by atoms with Crippen LogP contribution in [0.25, 0.3) is 21.3 Å². The molecule has 0 bridgehead atoms. The third-order valence-corrected chi connectivity index (χ3v) is 5.26. The minimum absolute atomic E-state index is 0.149. The van der Waals surface area contributed by atoms with Gasteiger partial charge in [0.05, 0.1) is 5.52 Å². The number of aromatic amines is 1. The van der Waals surface area contributed by atoms with Gasteiger partial charge in [-0.15, -0.1) is 11.3 Å². The lowest BCUT2D eigenvalue weighted by molar-refractivity contribution is 0.0824. The van der Waals surface area contributed by atoms with Gasteiger partial charge in [0.1, 0.15) is 0 Å². The van der Waals surface area contributed by atoms with Gasteiger partial charge in [-0.2, -0.15) is 5.10 Å². The first-order chi connectivity index (χ1) is 12.0. The van der Waals surface area contributed by atoms with E-state index >= 15 is 0 Å². The summed E-state index contributed by atoms with van der Waals surface area (Å²) in [5.74, 6) is -0.149. The lowest BCUT2D eigenvalue weighted by Gasteiger charge is -2.23. The fraction of sp³-hybridized carbons (Fsp3) is 0.263. The molecule has 3 aromatic rings. The van der Waals surface area contributed by atoms with Gasteiger partial charge < -0.3 is 9.80 Å². The van der Waals surface area contributed by atoms with E-state index in [-0.39, 0.29) is 5.91 Å². The van der Waals surface area contributed by atoms with Crippen LogP contribution in [0.3, 0.4) is 0 Å². The summed E-state index contributed by atoms with van der Waals surface area (Å²) in [6, 6.07) is 10.1. The van der Waals surface area contributed by atoms with Crippen molar-refractivity contribution in [3.8, 4) is 10.4 Å². The van der Waals surface area contributed by atoms with Crippen LogP contribution < -0.4 is 0 Å². The normalized spacial score (nSPS) is 11.2. The Hall–Kier alpha value is -2.44. The van der Waals surface area contributed by atoms with E-state index in [1.807, 2.05) is 36.7 Å². The zero-order valence-electron chi connectivity index (χ0n) is 14.7. The fourth-order valence-electron chi connectivity index (χ4n) is 2.61. The van der Waals surface area contributed by atoms with Crippen molar-refractivity contribution in [1.29, 1.82) is 0 Å². The van der Waals surface area contributed by atoms with E-state index in [0.717, 1.165) is 28.7 Å². The van der Waals surface area contributed by atoms with E-state index in [9.17, 15) is 4.79 Å². The highest BCUT2D eigenvalue weighted by atomic mass is 32.1. The van der Waals surface area contributed by atoms with Gasteiger partial charge in [-0.3, -0.25) is 9.89 Å². The Labute approximate surface area is 151 Å². The molecule has 2 aromatic heterocycles. The number of H-pyrrole nitrogens is 1. The number of carbonyl (C=O) groups excluding carboxylic acids is 1. The summed E-state index contributed by atoms with van der Waals surface area (Å²) in [6.45, 7) is 7.65. The Morgan fingerprint density at radius 1 is 1.32 bits per heavy atom. The van der Waals surface area contributed by atoms with Crippen molar-refractivity contribution < 1.29 is 4.79 Å². The number of fused-ring (bicyclic) bond motifs is 1. The van der Waals surface area contributed by atoms with Crippen LogP contribution in [0.2, 0.25) is 0 Å². The molecule has 0 aliphatic heterocycles. The van der Waals surface area contributed by atoms with Gasteiger partial charge in [-0.25, -0.2) is 0 Å². The molecule has 1 aromatic carbocycles. The molecule has 0 fully saturated rings. The van der Waals surface area contributed by atoms with Crippen LogP contribution in [0.4, 0.5) is 0 Å². The number of hydrogen-bond donors (Lipinski definition) is 1. The lowest BCUT2D eigenvalue weighted by Crippen LogP contribution is -2.32. The highest BCUT2D eigenvalue weighted by molar-refractivity contribution is 7.13. The predicted octanol–water partition coefficient (Wildman–Crippen LogP) is 3.83. The second kappa shape index (κ2) is 7.21. The molecule has 0 radical (unpaired) electrons. The smallest absolute Gasteiger partial charge is 0.278 e. The van der Waals surface area contributed by atoms with Crippen molar-refractivity contribution in [1.82, 2.24) is 20.0 Å². The van der Waals surface area contributed by atoms with Gasteiger partial charge in [-0.1, -0.05) is 25.6 Å². The maximum absolute atomic E-state index is 12.9. The van der Waals surface area contributed by atoms with Gasteiger partial charge in [0.2, 0.25) is 0 Å². The molecule has 0 unspecified atom stereocenters. The predicted molar refractivity (Wildman–Crippen MR) is 104 cm³/mol. The van der Waals surface area contributed by atoms with E-state index in [1.165, 1.54) is 4.88 Å². The summed E-state index contributed by atoms with van der Waals surface area (Å²) in [4.78, 5) is 17.7. The molecule has 1 N–H and O–H groups in total. The molecule has 6 heteroatoms. The first-order valence-corrected chi connectivity index (χ1v) is 9.05. The van der Waals surface area contributed by atoms with Gasteiger partial charge in [0.15, 0.2) is 5.69 Å². The van der Waals surface area contributed by atoms with Crippen molar-refractivity contribution in [3.63, 3.8) is 0 Å². The number of nitrogens with zero attached hydrogens (tertiary/aromatic N) is 3. The SMILES string of the molecule is C=C(CN(C)CC)N(C)C(=O)c1n[nH]c2ccc(-c3cccs3)cc12. The molecule has 2 heterocycles. The zero-order valence-corrected chi connectivity index (χ0v) is 15.6. The molecule has 130 valence electrons. The molecular formula is C19H22N4OS. The van der Waals surface area contributed by atoms with Gasteiger partial charge in [-0.05, 0) is 42.7 Å². The van der Waals surface area contributed by atoms with Gasteiger partial charge in [0.25, 0.3) is 5.91 Å². The van der Waals surface area contributed by atoms with Crippen LogP contribution in [0.1, 0.15) is 17.4 Å². The van der Waals surface area contributed by atoms with Crippen LogP contribution in [-0.4, -0.2) is 53.1 Å². The highest BCUT2D eigenvalue weighted by Gasteiger charge is 2.21. The molecule has 0 spiro atoms. The Kier molecular flexibility index (Phi) is 5.01. The molecule has 0 aliphatic carbocycles. The monoisotopic (exact) mass is 354 g/mol. The molecule has 0 saturated heterocycles. The number of carbonyl (C=O) groups is 1. The summed E-state index contributed by atoms with van der Waals surface area (Å²) in [5.41, 5.74) is 3.12. The Morgan fingerprint density at radius 3 is 2.80 bits per heavy atom. The third-order valence-electron chi connectivity index (χ3n) is 4.34. The van der Waals surface area contributed by atoms with E-state index in [2.05, 4.69) is 34.7 Å². The van der Waals surface area contributed by atoms with E-state index in [1.54, 1.807) is 23.3 Å². The number of amides is 1. The fourth-order valence-corrected chi connectivity index (χ4v) is 3.33. The zero-order chi connectivity index (χ0) is 18.0. The van der Waals surface area contributed by atoms with E-state index < -0.39 is 0 Å². The topological polar surface area (TPSA) is 52.2 Å². The maximum atomic E-state index is 12.9. The largest absolute Gasteiger partial charge is 0.313 e. The summed E-state index contributed by atoms with van der Waals surface area (Å²) in [5, 5.41) is 10.1. The van der Waals surface area contributed by atoms with Gasteiger partial charge in [0, 0.05) is 29.6 Å². The number of likely N-dealkylation sites (N-methyl/N-ethyl adjacent to an activating group) is 2. The molecule has 3 rings (SSSR count). The first-order valence-electron chi connectivity index (χ1n) is 8.17. The van der Waals surface area contributed by atoms with Gasteiger partial charge >= 0.3 is 0 Å². The summed E-state index contributed by atoms with van der Waals surface area (Å²) < 4.78 is 0. The molecule has 0 atom stereocenters. The molecule has 5 nitrogen and oxygen atoms in total. The Morgan fingerprint density at radius 2 is 2.12 bits per heavy atom. The molecular weight excluding hydrogens is 332 g/mol. The van der Waals surface area contributed by atoms with Crippen molar-refractivity contribution in [3.05, 3.63) is 53.7 Å². The number of benzene rings is 1. The summed E-state index contributed by atoms with van der Waals surface area (Å²) in [7, 11) is 3.75. The first kappa shape index (κ1) is 17.4. The van der Waals surface area contributed by atoms with E-state index in [0.29, 0.717) is 12.2 Å². The van der Waals surface area contributed by atoms with Crippen molar-refractivity contribution in [2.24, 2.45) is 0 Å². The van der Waals surface area contributed by atoms with Crippen molar-refractivity contribution >= 4 is 28.1 Å². The Bertz CT molecular complexity index is 897. The average Bonchev–Trinajstić information content (AvgIpc) is 3.29. The van der Waals surface area contributed by atoms with E-state index in [4.69, 9.17) is 0 Å².